The van der Waals surface area contributed by atoms with E-state index < -0.39 is 0 Å². The number of amides is 1. The first kappa shape index (κ1) is 13.1. The van der Waals surface area contributed by atoms with Gasteiger partial charge in [0, 0.05) is 11.5 Å². The highest BCUT2D eigenvalue weighted by Crippen LogP contribution is 2.31. The van der Waals surface area contributed by atoms with Crippen LogP contribution < -0.4 is 10.6 Å². The predicted molar refractivity (Wildman–Crippen MR) is 67.7 cm³/mol. The van der Waals surface area contributed by atoms with E-state index in [1.54, 1.807) is 12.3 Å². The number of aromatic nitrogens is 1. The molecule has 18 heavy (non-hydrogen) atoms. The maximum absolute atomic E-state index is 12.3. The molecule has 0 spiro atoms. The summed E-state index contributed by atoms with van der Waals surface area (Å²) in [7, 11) is 0. The molecule has 1 amide bonds. The highest BCUT2D eigenvalue weighted by molar-refractivity contribution is 5.82. The van der Waals surface area contributed by atoms with E-state index in [0.717, 1.165) is 25.9 Å². The Hall–Kier alpha value is -1.36. The van der Waals surface area contributed by atoms with E-state index in [1.165, 1.54) is 0 Å². The second-order valence-electron chi connectivity index (χ2n) is 5.43. The van der Waals surface area contributed by atoms with Crippen molar-refractivity contribution in [1.82, 2.24) is 15.8 Å². The molecule has 1 aliphatic heterocycles. The van der Waals surface area contributed by atoms with E-state index in [0.29, 0.717) is 18.2 Å². The number of nitrogens with one attached hydrogen (secondary N) is 2. The molecule has 2 N–H and O–H groups in total. The Morgan fingerprint density at radius 3 is 3.11 bits per heavy atom. The van der Waals surface area contributed by atoms with E-state index >= 15 is 0 Å². The number of nitrogens with zero attached hydrogens (tertiary/aromatic N) is 1. The Morgan fingerprint density at radius 2 is 2.50 bits per heavy atom. The summed E-state index contributed by atoms with van der Waals surface area (Å²) in [5.74, 6) is 1.15. The number of piperidine rings is 1. The van der Waals surface area contributed by atoms with Crippen molar-refractivity contribution in [3.05, 3.63) is 18.0 Å². The summed E-state index contributed by atoms with van der Waals surface area (Å²) < 4.78 is 4.96. The van der Waals surface area contributed by atoms with Crippen LogP contribution >= 0.6 is 0 Å². The van der Waals surface area contributed by atoms with Crippen LogP contribution in [0, 0.1) is 11.3 Å². The summed E-state index contributed by atoms with van der Waals surface area (Å²) >= 11 is 0. The minimum atomic E-state index is -0.354. The molecule has 2 heterocycles. The van der Waals surface area contributed by atoms with Gasteiger partial charge in [0.05, 0.1) is 12.7 Å². The zero-order valence-electron chi connectivity index (χ0n) is 11.0. The average molecular weight is 251 g/mol. The molecule has 1 fully saturated rings. The lowest BCUT2D eigenvalue weighted by molar-refractivity contribution is -0.132. The first-order chi connectivity index (χ1) is 8.60. The van der Waals surface area contributed by atoms with Gasteiger partial charge in [0.1, 0.15) is 0 Å². The van der Waals surface area contributed by atoms with Crippen molar-refractivity contribution >= 4 is 5.91 Å². The van der Waals surface area contributed by atoms with E-state index in [9.17, 15) is 4.79 Å². The quantitative estimate of drug-likeness (QED) is 0.847. The Kier molecular flexibility index (Phi) is 4.01. The Morgan fingerprint density at radius 1 is 1.67 bits per heavy atom. The molecular weight excluding hydrogens is 230 g/mol. The molecule has 1 saturated heterocycles. The van der Waals surface area contributed by atoms with Crippen molar-refractivity contribution in [2.45, 2.75) is 33.2 Å². The van der Waals surface area contributed by atoms with Crippen molar-refractivity contribution in [2.75, 3.05) is 13.1 Å². The van der Waals surface area contributed by atoms with Crippen LogP contribution in [0.1, 0.15) is 32.4 Å². The van der Waals surface area contributed by atoms with E-state index in [1.807, 2.05) is 13.8 Å². The molecule has 5 nitrogen and oxygen atoms in total. The monoisotopic (exact) mass is 251 g/mol. The maximum atomic E-state index is 12.3. The molecule has 5 heteroatoms. The van der Waals surface area contributed by atoms with Gasteiger partial charge in [0.25, 0.3) is 0 Å². The van der Waals surface area contributed by atoms with Crippen molar-refractivity contribution < 1.29 is 9.32 Å². The van der Waals surface area contributed by atoms with Crippen LogP contribution in [-0.4, -0.2) is 24.2 Å². The smallest absolute Gasteiger partial charge is 0.226 e. The molecule has 0 aliphatic carbocycles. The third-order valence-electron chi connectivity index (χ3n) is 3.82. The van der Waals surface area contributed by atoms with Gasteiger partial charge in [0.15, 0.2) is 5.76 Å². The molecule has 0 radical (unpaired) electrons. The third-order valence-corrected chi connectivity index (χ3v) is 3.82. The van der Waals surface area contributed by atoms with Gasteiger partial charge < -0.3 is 15.2 Å². The van der Waals surface area contributed by atoms with E-state index in [4.69, 9.17) is 4.52 Å². The molecule has 0 bridgehead atoms. The first-order valence-electron chi connectivity index (χ1n) is 6.49. The van der Waals surface area contributed by atoms with E-state index in [-0.39, 0.29) is 11.3 Å². The standard InChI is InChI=1S/C13H21N3O2/c1-13(2,10-4-3-6-14-8-10)12(17)15-9-11-5-7-16-18-11/h5,7,10,14H,3-4,6,8-9H2,1-2H3,(H,15,17). The van der Waals surface area contributed by atoms with Crippen LogP contribution in [0.4, 0.5) is 0 Å². The number of carbonyl (C=O) groups is 1. The van der Waals surface area contributed by atoms with Crippen LogP contribution in [0.2, 0.25) is 0 Å². The van der Waals surface area contributed by atoms with Crippen LogP contribution in [0.15, 0.2) is 16.8 Å². The van der Waals surface area contributed by atoms with Crippen LogP contribution in [-0.2, 0) is 11.3 Å². The number of carbonyl (C=O) groups excluding carboxylic acids is 1. The van der Waals surface area contributed by atoms with E-state index in [2.05, 4.69) is 15.8 Å². The third kappa shape index (κ3) is 2.90. The van der Waals surface area contributed by atoms with Gasteiger partial charge in [-0.05, 0) is 31.8 Å². The minimum Gasteiger partial charge on any atom is -0.360 e. The molecule has 1 aromatic heterocycles. The summed E-state index contributed by atoms with van der Waals surface area (Å²) in [6, 6.07) is 1.76. The molecule has 1 aliphatic rings. The molecule has 1 atom stereocenters. The Balaban J connectivity index is 1.89. The molecule has 100 valence electrons. The lowest BCUT2D eigenvalue weighted by Crippen LogP contribution is -2.47. The lowest BCUT2D eigenvalue weighted by Gasteiger charge is -2.35. The van der Waals surface area contributed by atoms with Crippen LogP contribution in [0.3, 0.4) is 0 Å². The molecular formula is C13H21N3O2. The fourth-order valence-corrected chi connectivity index (χ4v) is 2.38. The zero-order chi connectivity index (χ0) is 13.0. The maximum Gasteiger partial charge on any atom is 0.226 e. The normalized spacial score (nSPS) is 20.7. The summed E-state index contributed by atoms with van der Waals surface area (Å²) in [4.78, 5) is 12.3. The second-order valence-corrected chi connectivity index (χ2v) is 5.43. The van der Waals surface area contributed by atoms with Crippen molar-refractivity contribution in [2.24, 2.45) is 11.3 Å². The van der Waals surface area contributed by atoms with Gasteiger partial charge in [-0.3, -0.25) is 4.79 Å². The fraction of sp³-hybridized carbons (Fsp3) is 0.692. The SMILES string of the molecule is CC(C)(C(=O)NCc1ccno1)C1CCCNC1. The molecule has 0 aromatic carbocycles. The number of hydrogen-bond acceptors (Lipinski definition) is 4. The summed E-state index contributed by atoms with van der Waals surface area (Å²) in [5, 5.41) is 9.89. The Bertz CT molecular complexity index is 381. The summed E-state index contributed by atoms with van der Waals surface area (Å²) in [6.07, 6.45) is 3.83. The summed E-state index contributed by atoms with van der Waals surface area (Å²) in [6.45, 7) is 6.41. The molecule has 1 aromatic rings. The molecule has 2 rings (SSSR count). The van der Waals surface area contributed by atoms with Crippen molar-refractivity contribution in [1.29, 1.82) is 0 Å². The molecule has 0 saturated carbocycles. The largest absolute Gasteiger partial charge is 0.360 e. The second kappa shape index (κ2) is 5.52. The number of hydrogen-bond donors (Lipinski definition) is 2. The van der Waals surface area contributed by atoms with Gasteiger partial charge in [-0.25, -0.2) is 0 Å². The zero-order valence-corrected chi connectivity index (χ0v) is 11.0. The average Bonchev–Trinajstić information content (AvgIpc) is 2.90. The van der Waals surface area contributed by atoms with Gasteiger partial charge in [0.2, 0.25) is 5.91 Å². The fourth-order valence-electron chi connectivity index (χ4n) is 2.38. The van der Waals surface area contributed by atoms with Gasteiger partial charge in [-0.2, -0.15) is 0 Å². The Labute approximate surface area is 107 Å². The van der Waals surface area contributed by atoms with Crippen LogP contribution in [0.25, 0.3) is 0 Å². The van der Waals surface area contributed by atoms with Crippen molar-refractivity contribution in [3.8, 4) is 0 Å². The van der Waals surface area contributed by atoms with Gasteiger partial charge in [-0.1, -0.05) is 19.0 Å². The first-order valence-corrected chi connectivity index (χ1v) is 6.49. The van der Waals surface area contributed by atoms with Gasteiger partial charge in [-0.15, -0.1) is 0 Å². The number of rotatable bonds is 4. The highest BCUT2D eigenvalue weighted by Gasteiger charge is 2.37. The topological polar surface area (TPSA) is 67.2 Å². The predicted octanol–water partition coefficient (Wildman–Crippen LogP) is 1.32. The van der Waals surface area contributed by atoms with Gasteiger partial charge >= 0.3 is 0 Å². The lowest BCUT2D eigenvalue weighted by atomic mass is 9.74. The van der Waals surface area contributed by atoms with Crippen molar-refractivity contribution in [3.63, 3.8) is 0 Å². The highest BCUT2D eigenvalue weighted by atomic mass is 16.5. The van der Waals surface area contributed by atoms with Crippen LogP contribution in [0.5, 0.6) is 0 Å². The summed E-state index contributed by atoms with van der Waals surface area (Å²) in [5.41, 5.74) is -0.354. The molecule has 1 unspecified atom stereocenters. The minimum absolute atomic E-state index is 0.0765.